The summed E-state index contributed by atoms with van der Waals surface area (Å²) >= 11 is 0. The Morgan fingerprint density at radius 1 is 0.914 bits per heavy atom. The van der Waals surface area contributed by atoms with E-state index in [0.29, 0.717) is 24.3 Å². The van der Waals surface area contributed by atoms with Crippen molar-refractivity contribution in [2.45, 2.75) is 19.2 Å². The number of fused-ring (bicyclic) bond motifs is 1. The van der Waals surface area contributed by atoms with Gasteiger partial charge in [-0.1, -0.05) is 60.7 Å². The smallest absolute Gasteiger partial charge is 0.302 e. The maximum absolute atomic E-state index is 12.8. The summed E-state index contributed by atoms with van der Waals surface area (Å²) in [5.41, 5.74) is 10.2. The third-order valence-corrected chi connectivity index (χ3v) is 7.56. The molecule has 3 N–H and O–H groups in total. The number of rotatable bonds is 7. The number of aldehydes is 1. The van der Waals surface area contributed by atoms with Crippen LogP contribution in [0.2, 0.25) is 0 Å². The lowest BCUT2D eigenvalue weighted by Gasteiger charge is -2.21. The Hall–Kier alpha value is -3.72. The van der Waals surface area contributed by atoms with E-state index in [1.165, 1.54) is 4.31 Å². The molecule has 7 nitrogen and oxygen atoms in total. The van der Waals surface area contributed by atoms with Gasteiger partial charge < -0.3 is 15.3 Å². The van der Waals surface area contributed by atoms with Crippen LogP contribution in [0.15, 0.2) is 84.9 Å². The molecule has 0 amide bonds. The standard InChI is InChI=1S/C27H25N3O4S/c28-15-20-7-4-8-21(11-20)22-9-10-23-14-27(34-18-19-5-2-1-3-6-19)26(13-24(23)12-22)30-16-25(17-31)29-35(30,32)33/h1-14,17,25,29H,15-16,18,28H2. The van der Waals surface area contributed by atoms with Crippen molar-refractivity contribution in [3.05, 3.63) is 96.1 Å². The van der Waals surface area contributed by atoms with E-state index in [9.17, 15) is 13.2 Å². The molecule has 1 unspecified atom stereocenters. The molecule has 8 heteroatoms. The Morgan fingerprint density at radius 3 is 2.43 bits per heavy atom. The fourth-order valence-corrected chi connectivity index (χ4v) is 5.63. The lowest BCUT2D eigenvalue weighted by atomic mass is 9.99. The van der Waals surface area contributed by atoms with Crippen molar-refractivity contribution < 1.29 is 17.9 Å². The maximum atomic E-state index is 12.8. The van der Waals surface area contributed by atoms with Crippen LogP contribution >= 0.6 is 0 Å². The normalized spacial score (nSPS) is 16.9. The lowest BCUT2D eigenvalue weighted by Crippen LogP contribution is -2.30. The van der Waals surface area contributed by atoms with Crippen LogP contribution in [0.4, 0.5) is 5.69 Å². The van der Waals surface area contributed by atoms with Crippen LogP contribution < -0.4 is 19.5 Å². The van der Waals surface area contributed by atoms with Gasteiger partial charge in [0.1, 0.15) is 18.6 Å². The summed E-state index contributed by atoms with van der Waals surface area (Å²) in [6, 6.07) is 26.5. The Kier molecular flexibility index (Phi) is 6.25. The minimum Gasteiger partial charge on any atom is -0.487 e. The quantitative estimate of drug-likeness (QED) is 0.387. The number of anilines is 1. The highest BCUT2D eigenvalue weighted by molar-refractivity contribution is 7.91. The summed E-state index contributed by atoms with van der Waals surface area (Å²) in [5, 5.41) is 1.76. The van der Waals surface area contributed by atoms with Gasteiger partial charge in [0.05, 0.1) is 18.3 Å². The van der Waals surface area contributed by atoms with E-state index in [1.807, 2.05) is 78.9 Å². The number of carbonyl (C=O) groups excluding carboxylic acids is 1. The number of carbonyl (C=O) groups is 1. The Labute approximate surface area is 204 Å². The van der Waals surface area contributed by atoms with E-state index in [2.05, 4.69) is 4.72 Å². The number of benzene rings is 4. The van der Waals surface area contributed by atoms with Crippen molar-refractivity contribution >= 4 is 33.0 Å². The molecule has 0 radical (unpaired) electrons. The Balaban J connectivity index is 1.60. The monoisotopic (exact) mass is 487 g/mol. The molecule has 0 saturated carbocycles. The topological polar surface area (TPSA) is 102 Å². The number of ether oxygens (including phenoxy) is 1. The minimum atomic E-state index is -3.89. The highest BCUT2D eigenvalue weighted by Gasteiger charge is 2.37. The first-order valence-corrected chi connectivity index (χ1v) is 12.7. The highest BCUT2D eigenvalue weighted by atomic mass is 32.2. The van der Waals surface area contributed by atoms with Crippen molar-refractivity contribution in [1.29, 1.82) is 0 Å². The van der Waals surface area contributed by atoms with Crippen LogP contribution in [0.3, 0.4) is 0 Å². The molecule has 4 aromatic carbocycles. The molecule has 1 fully saturated rings. The molecule has 0 bridgehead atoms. The highest BCUT2D eigenvalue weighted by Crippen LogP contribution is 2.38. The van der Waals surface area contributed by atoms with Crippen LogP contribution in [0, 0.1) is 0 Å². The number of hydrogen-bond donors (Lipinski definition) is 2. The predicted molar refractivity (Wildman–Crippen MR) is 137 cm³/mol. The summed E-state index contributed by atoms with van der Waals surface area (Å²) in [7, 11) is -3.89. The summed E-state index contributed by atoms with van der Waals surface area (Å²) in [6.45, 7) is 0.727. The van der Waals surface area contributed by atoms with Gasteiger partial charge >= 0.3 is 10.2 Å². The van der Waals surface area contributed by atoms with Crippen molar-refractivity contribution in [3.8, 4) is 16.9 Å². The molecule has 0 aliphatic carbocycles. The van der Waals surface area contributed by atoms with Gasteiger partial charge in [-0.3, -0.25) is 4.31 Å². The second kappa shape index (κ2) is 9.50. The molecule has 1 aliphatic rings. The second-order valence-electron chi connectivity index (χ2n) is 8.46. The predicted octanol–water partition coefficient (Wildman–Crippen LogP) is 3.77. The zero-order chi connectivity index (χ0) is 24.4. The van der Waals surface area contributed by atoms with E-state index < -0.39 is 16.3 Å². The molecule has 0 aromatic heterocycles. The molecule has 1 saturated heterocycles. The zero-order valence-corrected chi connectivity index (χ0v) is 19.7. The molecular weight excluding hydrogens is 462 g/mol. The first-order valence-electron chi connectivity index (χ1n) is 11.3. The number of nitrogens with one attached hydrogen (secondary N) is 1. The van der Waals surface area contributed by atoms with Crippen molar-refractivity contribution in [2.75, 3.05) is 10.8 Å². The first kappa shape index (κ1) is 23.0. The molecule has 0 spiro atoms. The molecule has 178 valence electrons. The van der Waals surface area contributed by atoms with E-state index in [0.717, 1.165) is 33.0 Å². The van der Waals surface area contributed by atoms with Crippen LogP contribution in [-0.2, 0) is 28.2 Å². The molecule has 35 heavy (non-hydrogen) atoms. The van der Waals surface area contributed by atoms with Gasteiger partial charge in [0, 0.05) is 6.54 Å². The summed E-state index contributed by atoms with van der Waals surface area (Å²) in [4.78, 5) is 11.3. The van der Waals surface area contributed by atoms with Crippen LogP contribution in [0.1, 0.15) is 11.1 Å². The van der Waals surface area contributed by atoms with Gasteiger partial charge in [0.2, 0.25) is 0 Å². The molecule has 1 atom stereocenters. The Bertz CT molecular complexity index is 1490. The maximum Gasteiger partial charge on any atom is 0.302 e. The van der Waals surface area contributed by atoms with Gasteiger partial charge in [0.25, 0.3) is 0 Å². The van der Waals surface area contributed by atoms with E-state index in [4.69, 9.17) is 10.5 Å². The molecule has 1 aliphatic heterocycles. The van der Waals surface area contributed by atoms with Crippen molar-refractivity contribution in [1.82, 2.24) is 4.72 Å². The van der Waals surface area contributed by atoms with Gasteiger partial charge in [-0.25, -0.2) is 0 Å². The SMILES string of the molecule is NCc1cccc(-c2ccc3cc(OCc4ccccc4)c(N4CC(C=O)NS4(=O)=O)cc3c2)c1. The third kappa shape index (κ3) is 4.77. The van der Waals surface area contributed by atoms with Crippen molar-refractivity contribution in [2.24, 2.45) is 5.73 Å². The van der Waals surface area contributed by atoms with Gasteiger partial charge in [0.15, 0.2) is 0 Å². The van der Waals surface area contributed by atoms with Gasteiger partial charge in [-0.05, 0) is 57.3 Å². The summed E-state index contributed by atoms with van der Waals surface area (Å²) in [5.74, 6) is 0.427. The fraction of sp³-hybridized carbons (Fsp3) is 0.148. The van der Waals surface area contributed by atoms with Crippen LogP contribution in [0.5, 0.6) is 5.75 Å². The van der Waals surface area contributed by atoms with E-state index in [1.54, 1.807) is 6.07 Å². The third-order valence-electron chi connectivity index (χ3n) is 6.04. The van der Waals surface area contributed by atoms with Gasteiger partial charge in [-0.2, -0.15) is 13.1 Å². The molecule has 1 heterocycles. The van der Waals surface area contributed by atoms with E-state index >= 15 is 0 Å². The summed E-state index contributed by atoms with van der Waals surface area (Å²) in [6.07, 6.45) is 0.603. The van der Waals surface area contributed by atoms with Gasteiger partial charge in [-0.15, -0.1) is 0 Å². The zero-order valence-electron chi connectivity index (χ0n) is 18.9. The van der Waals surface area contributed by atoms with Crippen molar-refractivity contribution in [3.63, 3.8) is 0 Å². The fourth-order valence-electron chi connectivity index (χ4n) is 4.24. The minimum absolute atomic E-state index is 0.00271. The number of nitrogens with two attached hydrogens (primary N) is 1. The average molecular weight is 488 g/mol. The first-order chi connectivity index (χ1) is 17.0. The number of nitrogens with zero attached hydrogens (tertiary/aromatic N) is 1. The number of hydrogen-bond acceptors (Lipinski definition) is 5. The second-order valence-corrected chi connectivity index (χ2v) is 10.1. The molecule has 5 rings (SSSR count). The van der Waals surface area contributed by atoms with Crippen LogP contribution in [-0.4, -0.2) is 27.3 Å². The largest absolute Gasteiger partial charge is 0.487 e. The molecule has 4 aromatic rings. The Morgan fingerprint density at radius 2 is 1.69 bits per heavy atom. The van der Waals surface area contributed by atoms with E-state index in [-0.39, 0.29) is 13.2 Å². The summed E-state index contributed by atoms with van der Waals surface area (Å²) < 4.78 is 35.4. The molecular formula is C27H25N3O4S. The van der Waals surface area contributed by atoms with Crippen LogP contribution in [0.25, 0.3) is 21.9 Å². The lowest BCUT2D eigenvalue weighted by molar-refractivity contribution is -0.108. The average Bonchev–Trinajstić information content (AvgIpc) is 3.21.